The summed E-state index contributed by atoms with van der Waals surface area (Å²) in [7, 11) is 7.08. The lowest BCUT2D eigenvalue weighted by Gasteiger charge is -2.27. The minimum absolute atomic E-state index is 0.0235. The molecule has 35 heteroatoms. The standard InChI is InChI=1S/C24H33N3O6.C23H29ClN2O7.C23H30N2O6S.C20H24N2O5/c1-7-11-25(5)19-10-8-9-16-13-26(15-18(16)19)22(29)32-17-12-20(21(28)31-6)27(14-17)23(30)33-24(2,3)4;1-6-9-31-19-8-7-17(24)15-12-25(13-16(15)19)21(28)32-14-10-18(20(27)30-5)26(11-14)22(29)33-23(2,3)4;1-6-10-32-19-9-7-8-15-12-24(14-17(15)19)21(27)30-16-11-18(20(26)29-5)25(13-16)22(28)31-23(2,3)4;1-3-4-8-18(23)15-7-5-6-13-11-22(12-16(13)15)20(25)27-14-9-17(21-10-14)19(24)26-2/h7-10,17,20H,1,11-15H2,2-6H3;6-8,14,18H,1,9-13H2,2-5H3;6-9,16,18H,1,10-14H2,2-5H3;3,5-7,14,17,21H,1,4,8-12H2,2H3/t17-,20+;14-,18+;16-,18+;14-,17+/m1111/s1. The highest BCUT2D eigenvalue weighted by molar-refractivity contribution is 7.99. The van der Waals surface area contributed by atoms with Crippen LogP contribution in [0.3, 0.4) is 0 Å². The van der Waals surface area contributed by atoms with Gasteiger partial charge in [0.25, 0.3) is 0 Å². The van der Waals surface area contributed by atoms with Crippen molar-refractivity contribution in [1.29, 1.82) is 0 Å². The van der Waals surface area contributed by atoms with E-state index in [-0.39, 0.29) is 69.8 Å². The molecule has 4 fully saturated rings. The molecule has 7 amide bonds. The lowest BCUT2D eigenvalue weighted by molar-refractivity contribution is -0.146. The number of methoxy groups -OCH3 is 4. The zero-order valence-corrected chi connectivity index (χ0v) is 75.2. The van der Waals surface area contributed by atoms with Gasteiger partial charge in [0.2, 0.25) is 0 Å². The molecule has 4 saturated heterocycles. The highest BCUT2D eigenvalue weighted by atomic mass is 35.5. The third-order valence-corrected chi connectivity index (χ3v) is 22.5. The van der Waals surface area contributed by atoms with Crippen LogP contribution in [0.5, 0.6) is 5.75 Å². The van der Waals surface area contributed by atoms with E-state index in [0.717, 1.165) is 60.8 Å². The summed E-state index contributed by atoms with van der Waals surface area (Å²) in [6.45, 7) is 35.2. The lowest BCUT2D eigenvalue weighted by atomic mass is 9.98. The zero-order valence-electron chi connectivity index (χ0n) is 73.6. The Morgan fingerprint density at radius 1 is 0.464 bits per heavy atom. The molecule has 4 aromatic carbocycles. The molecule has 0 unspecified atom stereocenters. The Hall–Kier alpha value is -11.5. The molecule has 8 heterocycles. The van der Waals surface area contributed by atoms with E-state index < -0.39 is 120 Å². The number of carbonyl (C=O) groups is 12. The number of allylic oxidation sites excluding steroid dienone is 1. The highest BCUT2D eigenvalue weighted by Crippen LogP contribution is 2.40. The number of nitrogens with one attached hydrogen (secondary N) is 1. The van der Waals surface area contributed by atoms with Crippen molar-refractivity contribution in [3.8, 4) is 5.75 Å². The molecular weight excluding hydrogens is 1660 g/mol. The molecule has 0 radical (unpaired) electrons. The number of nitrogens with zero attached hydrogens (tertiary/aromatic N) is 8. The third-order valence-electron chi connectivity index (χ3n) is 21.1. The van der Waals surface area contributed by atoms with Crippen molar-refractivity contribution in [2.45, 2.75) is 223 Å². The Morgan fingerprint density at radius 2 is 0.880 bits per heavy atom. The summed E-state index contributed by atoms with van der Waals surface area (Å²) in [6, 6.07) is 18.0. The van der Waals surface area contributed by atoms with Crippen LogP contribution in [0.2, 0.25) is 5.02 Å². The average Bonchev–Trinajstić information content (AvgIpc) is 1.65. The van der Waals surface area contributed by atoms with Crippen LogP contribution < -0.4 is 15.0 Å². The molecular formula is C90H116ClN9O24S. The van der Waals surface area contributed by atoms with Crippen molar-refractivity contribution in [2.75, 3.05) is 85.5 Å². The van der Waals surface area contributed by atoms with Gasteiger partial charge < -0.3 is 67.1 Å². The minimum atomic E-state index is -0.897. The van der Waals surface area contributed by atoms with Gasteiger partial charge in [-0.05, 0) is 132 Å². The van der Waals surface area contributed by atoms with Gasteiger partial charge in [0.05, 0.1) is 80.8 Å². The fourth-order valence-electron chi connectivity index (χ4n) is 15.3. The number of hydrogen-bond acceptors (Lipinski definition) is 27. The Kier molecular flexibility index (Phi) is 33.8. The van der Waals surface area contributed by atoms with Gasteiger partial charge in [0.1, 0.15) is 77.7 Å². The summed E-state index contributed by atoms with van der Waals surface area (Å²) in [5, 5.41) is 3.53. The Morgan fingerprint density at radius 3 is 1.33 bits per heavy atom. The number of Topliss-reactive ketones (excluding diaryl/α,β-unsaturated/α-hetero) is 1. The maximum absolute atomic E-state index is 13.0. The minimum Gasteiger partial charge on any atom is -0.489 e. The second-order valence-electron chi connectivity index (χ2n) is 33.8. The second-order valence-corrected chi connectivity index (χ2v) is 35.2. The van der Waals surface area contributed by atoms with Crippen LogP contribution in [0.1, 0.15) is 156 Å². The van der Waals surface area contributed by atoms with Gasteiger partial charge in [-0.3, -0.25) is 43.9 Å². The number of ether oxygens (including phenoxy) is 12. The number of benzene rings is 4. The van der Waals surface area contributed by atoms with Crippen molar-refractivity contribution in [3.63, 3.8) is 0 Å². The van der Waals surface area contributed by atoms with E-state index in [1.165, 1.54) is 48.0 Å². The van der Waals surface area contributed by atoms with Crippen LogP contribution in [0.4, 0.5) is 39.2 Å². The molecule has 0 bridgehead atoms. The quantitative estimate of drug-likeness (QED) is 0.0266. The van der Waals surface area contributed by atoms with Crippen LogP contribution in [0, 0.1) is 0 Å². The molecule has 8 aliphatic rings. The van der Waals surface area contributed by atoms with Crippen molar-refractivity contribution >= 4 is 101 Å². The number of halogens is 1. The maximum Gasteiger partial charge on any atom is 0.411 e. The number of hydrogen-bond donors (Lipinski definition) is 1. The third kappa shape index (κ3) is 25.8. The first-order valence-corrected chi connectivity index (χ1v) is 42.5. The Bertz CT molecular complexity index is 4680. The van der Waals surface area contributed by atoms with Gasteiger partial charge in [-0.25, -0.2) is 47.9 Å². The number of ketones is 1. The molecule has 0 aromatic heterocycles. The van der Waals surface area contributed by atoms with E-state index in [2.05, 4.69) is 36.5 Å². The summed E-state index contributed by atoms with van der Waals surface area (Å²) >= 11 is 8.01. The van der Waals surface area contributed by atoms with Crippen LogP contribution in [0.25, 0.3) is 0 Å². The van der Waals surface area contributed by atoms with E-state index in [9.17, 15) is 57.5 Å². The molecule has 8 atom stereocenters. The highest BCUT2D eigenvalue weighted by Gasteiger charge is 2.49. The Balaban J connectivity index is 0.000000189. The second kappa shape index (κ2) is 43.4. The van der Waals surface area contributed by atoms with Crippen LogP contribution >= 0.6 is 23.4 Å². The number of thioether (sulfide) groups is 1. The number of amides is 7. The van der Waals surface area contributed by atoms with Crippen molar-refractivity contribution in [3.05, 3.63) is 172 Å². The summed E-state index contributed by atoms with van der Waals surface area (Å²) < 4.78 is 63.7. The maximum atomic E-state index is 13.0. The Labute approximate surface area is 738 Å². The number of anilines is 1. The first-order chi connectivity index (χ1) is 59.2. The summed E-state index contributed by atoms with van der Waals surface area (Å²) in [6.07, 6.45) is 2.67. The van der Waals surface area contributed by atoms with Gasteiger partial charge in [-0.15, -0.1) is 31.5 Å². The predicted molar refractivity (Wildman–Crippen MR) is 461 cm³/mol. The van der Waals surface area contributed by atoms with Gasteiger partial charge in [-0.1, -0.05) is 84.9 Å². The van der Waals surface area contributed by atoms with E-state index in [4.69, 9.17) is 68.4 Å². The first kappa shape index (κ1) is 97.3. The molecule has 8 aliphatic heterocycles. The molecule has 1 N–H and O–H groups in total. The van der Waals surface area contributed by atoms with E-state index >= 15 is 0 Å². The number of likely N-dealkylation sites (tertiary alicyclic amines) is 3. The van der Waals surface area contributed by atoms with E-state index in [1.807, 2.05) is 67.7 Å². The van der Waals surface area contributed by atoms with E-state index in [1.54, 1.807) is 119 Å². The zero-order chi connectivity index (χ0) is 91.5. The summed E-state index contributed by atoms with van der Waals surface area (Å²) in [5.74, 6) is -0.600. The van der Waals surface area contributed by atoms with Crippen molar-refractivity contribution in [2.24, 2.45) is 0 Å². The molecule has 0 aliphatic carbocycles. The monoisotopic (exact) mass is 1770 g/mol. The summed E-state index contributed by atoms with van der Waals surface area (Å²) in [5.41, 5.74) is 7.36. The molecule has 125 heavy (non-hydrogen) atoms. The number of esters is 4. The largest absolute Gasteiger partial charge is 0.489 e. The predicted octanol–water partition coefficient (Wildman–Crippen LogP) is 13.4. The molecule has 33 nitrogen and oxygen atoms in total. The van der Waals surface area contributed by atoms with Gasteiger partial charge in [-0.2, -0.15) is 0 Å². The number of rotatable bonds is 21. The van der Waals surface area contributed by atoms with Crippen LogP contribution in [-0.4, -0.2) is 253 Å². The van der Waals surface area contributed by atoms with Gasteiger partial charge in [0, 0.05) is 104 Å². The fourth-order valence-corrected chi connectivity index (χ4v) is 16.4. The first-order valence-electron chi connectivity index (χ1n) is 41.1. The molecule has 0 spiro atoms. The average molecular weight is 1780 g/mol. The SMILES string of the molecule is C=CCCC(=O)c1cccc2c1CN(C(=O)O[C@H]1CN[C@H](C(=O)OC)C1)C2.C=CCN(C)c1cccc2c1CN(C(=O)O[C@@H]1C[C@@H](C(=O)OC)N(C(=O)OC(C)(C)C)C1)C2.C=CCOc1ccc(Cl)c2c1CN(C(=O)O[C@@H]1C[C@@H](C(=O)OC)N(C(=O)OC(C)(C)C)C1)C2.C=CCSc1cccc2c1CN(C(=O)O[C@@H]1C[C@@H](C(=O)OC)N(C(=O)OC(C)(C)C)C1)C2. The lowest BCUT2D eigenvalue weighted by Crippen LogP contribution is -2.44. The number of fused-ring (bicyclic) bond motifs is 4. The number of likely N-dealkylation sites (N-methyl/N-ethyl adjacent to an activating group) is 1. The summed E-state index contributed by atoms with van der Waals surface area (Å²) in [4.78, 5) is 163. The van der Waals surface area contributed by atoms with Gasteiger partial charge in [0.15, 0.2) is 5.78 Å². The van der Waals surface area contributed by atoms with Gasteiger partial charge >= 0.3 is 66.5 Å². The molecule has 12 rings (SSSR count). The topological polar surface area (TPSA) is 354 Å². The van der Waals surface area contributed by atoms with Crippen molar-refractivity contribution in [1.82, 2.24) is 39.6 Å². The van der Waals surface area contributed by atoms with Crippen LogP contribution in [-0.2, 0) is 124 Å². The molecule has 0 saturated carbocycles. The number of carbonyl (C=O) groups excluding carboxylic acids is 12. The fraction of sp³-hybridized carbons (Fsp3) is 0.511. The van der Waals surface area contributed by atoms with Crippen LogP contribution in [0.15, 0.2) is 122 Å². The molecule has 4 aromatic rings. The normalized spacial score (nSPS) is 20.0. The molecule has 678 valence electrons. The smallest absolute Gasteiger partial charge is 0.411 e. The van der Waals surface area contributed by atoms with Crippen molar-refractivity contribution < 1.29 is 114 Å². The van der Waals surface area contributed by atoms with E-state index in [0.29, 0.717) is 94.6 Å².